The molecule has 11 rings (SSSR count). The standard InChI is InChI=1S/C67H47N3/c1-8-24-48(25-9-1)49-42-44-56(45-43-49)65-68-66(59-40-22-38-57(46-59)63(54-34-18-6-19-35-54)61(50-26-10-2-11-27-50)51-28-12-3-13-29-51)70-67(69-65)60-41-23-39-58(47-60)64(55-36-20-7-21-37-55)62(52-30-14-4-15-31-52)53-32-16-5-17-33-53/h1-47H. The highest BCUT2D eigenvalue weighted by Gasteiger charge is 2.21. The SMILES string of the molecule is c1ccc(C(=C(c2ccccc2)c2cccc(-c3nc(-c4ccc(-c5ccccc5)cc4)nc(-c4cccc(C(=C(c5ccccc5)c5ccccc5)c5ccccc5)c4)n3)c2)c2ccccc2)cc1. The summed E-state index contributed by atoms with van der Waals surface area (Å²) in [7, 11) is 0. The highest BCUT2D eigenvalue weighted by molar-refractivity contribution is 6.06. The molecule has 0 atom stereocenters. The second-order valence-electron chi connectivity index (χ2n) is 17.1. The molecule has 0 amide bonds. The van der Waals surface area contributed by atoms with E-state index in [0.717, 1.165) is 94.6 Å². The fourth-order valence-corrected chi connectivity index (χ4v) is 9.28. The van der Waals surface area contributed by atoms with Gasteiger partial charge >= 0.3 is 0 Å². The van der Waals surface area contributed by atoms with Crippen molar-refractivity contribution in [1.29, 1.82) is 0 Å². The summed E-state index contributed by atoms with van der Waals surface area (Å²) in [6.45, 7) is 0. The lowest BCUT2D eigenvalue weighted by atomic mass is 9.85. The molecule has 1 heterocycles. The Balaban J connectivity index is 1.12. The van der Waals surface area contributed by atoms with Crippen LogP contribution >= 0.6 is 0 Å². The second-order valence-corrected chi connectivity index (χ2v) is 17.1. The topological polar surface area (TPSA) is 38.7 Å². The van der Waals surface area contributed by atoms with E-state index in [1.165, 1.54) is 0 Å². The molecule has 11 aromatic rings. The highest BCUT2D eigenvalue weighted by atomic mass is 15.0. The maximum Gasteiger partial charge on any atom is 0.164 e. The number of rotatable bonds is 12. The Labute approximate surface area is 410 Å². The van der Waals surface area contributed by atoms with Crippen molar-refractivity contribution in [3.8, 4) is 45.3 Å². The smallest absolute Gasteiger partial charge is 0.164 e. The molecule has 330 valence electrons. The van der Waals surface area contributed by atoms with Gasteiger partial charge in [-0.2, -0.15) is 0 Å². The fraction of sp³-hybridized carbons (Fsp3) is 0. The Hall–Kier alpha value is -9.31. The van der Waals surface area contributed by atoms with E-state index in [2.05, 4.69) is 279 Å². The predicted molar refractivity (Wildman–Crippen MR) is 290 cm³/mol. The van der Waals surface area contributed by atoms with Crippen LogP contribution in [0.1, 0.15) is 44.5 Å². The van der Waals surface area contributed by atoms with Crippen LogP contribution in [0, 0.1) is 0 Å². The van der Waals surface area contributed by atoms with Crippen LogP contribution in [-0.2, 0) is 0 Å². The summed E-state index contributed by atoms with van der Waals surface area (Å²) >= 11 is 0. The van der Waals surface area contributed by atoms with Crippen LogP contribution in [0.25, 0.3) is 67.6 Å². The van der Waals surface area contributed by atoms with Crippen LogP contribution in [0.4, 0.5) is 0 Å². The minimum absolute atomic E-state index is 0.584. The summed E-state index contributed by atoms with van der Waals surface area (Å²) in [6.07, 6.45) is 0. The number of hydrogen-bond acceptors (Lipinski definition) is 3. The Morgan fingerprint density at radius 1 is 0.171 bits per heavy atom. The van der Waals surface area contributed by atoms with E-state index in [-0.39, 0.29) is 0 Å². The van der Waals surface area contributed by atoms with Gasteiger partial charge in [0, 0.05) is 16.7 Å². The monoisotopic (exact) mass is 893 g/mol. The minimum atomic E-state index is 0.584. The Kier molecular flexibility index (Phi) is 12.5. The lowest BCUT2D eigenvalue weighted by Crippen LogP contribution is -2.02. The van der Waals surface area contributed by atoms with Gasteiger partial charge in [-0.25, -0.2) is 15.0 Å². The van der Waals surface area contributed by atoms with Crippen LogP contribution in [0.15, 0.2) is 285 Å². The largest absolute Gasteiger partial charge is 0.208 e. The third-order valence-electron chi connectivity index (χ3n) is 12.6. The van der Waals surface area contributed by atoms with Crippen molar-refractivity contribution in [2.45, 2.75) is 0 Å². The molecule has 0 aliphatic carbocycles. The van der Waals surface area contributed by atoms with Gasteiger partial charge in [0.1, 0.15) is 0 Å². The van der Waals surface area contributed by atoms with Gasteiger partial charge in [0.2, 0.25) is 0 Å². The number of benzene rings is 10. The van der Waals surface area contributed by atoms with E-state index >= 15 is 0 Å². The zero-order chi connectivity index (χ0) is 46.9. The van der Waals surface area contributed by atoms with E-state index < -0.39 is 0 Å². The number of aromatic nitrogens is 3. The van der Waals surface area contributed by atoms with E-state index in [4.69, 9.17) is 15.0 Å². The summed E-state index contributed by atoms with van der Waals surface area (Å²) in [6, 6.07) is 100. The predicted octanol–water partition coefficient (Wildman–Crippen LogP) is 16.6. The molecule has 0 unspecified atom stereocenters. The molecule has 0 spiro atoms. The zero-order valence-electron chi connectivity index (χ0n) is 38.5. The summed E-state index contributed by atoms with van der Waals surface area (Å²) in [5.41, 5.74) is 18.3. The highest BCUT2D eigenvalue weighted by Crippen LogP contribution is 2.40. The molecular formula is C67H47N3. The summed E-state index contributed by atoms with van der Waals surface area (Å²) in [4.78, 5) is 16.0. The second kappa shape index (κ2) is 20.3. The van der Waals surface area contributed by atoms with Gasteiger partial charge in [0.25, 0.3) is 0 Å². The molecule has 0 fully saturated rings. The van der Waals surface area contributed by atoms with Crippen molar-refractivity contribution in [2.24, 2.45) is 0 Å². The van der Waals surface area contributed by atoms with Gasteiger partial charge in [-0.1, -0.05) is 273 Å². The van der Waals surface area contributed by atoms with Crippen LogP contribution in [0.3, 0.4) is 0 Å². The first-order valence-corrected chi connectivity index (χ1v) is 23.7. The van der Waals surface area contributed by atoms with Gasteiger partial charge in [-0.15, -0.1) is 0 Å². The van der Waals surface area contributed by atoms with Crippen molar-refractivity contribution in [2.75, 3.05) is 0 Å². The normalized spacial score (nSPS) is 10.9. The molecule has 0 saturated heterocycles. The van der Waals surface area contributed by atoms with Gasteiger partial charge in [0.05, 0.1) is 0 Å². The molecule has 0 N–H and O–H groups in total. The van der Waals surface area contributed by atoms with E-state index in [0.29, 0.717) is 17.5 Å². The van der Waals surface area contributed by atoms with Gasteiger partial charge in [0.15, 0.2) is 17.5 Å². The molecule has 70 heavy (non-hydrogen) atoms. The van der Waals surface area contributed by atoms with Crippen molar-refractivity contribution >= 4 is 22.3 Å². The first-order valence-electron chi connectivity index (χ1n) is 23.7. The molecule has 1 aromatic heterocycles. The average Bonchev–Trinajstić information content (AvgIpc) is 3.45. The van der Waals surface area contributed by atoms with Crippen LogP contribution in [0.2, 0.25) is 0 Å². The van der Waals surface area contributed by atoms with E-state index in [1.54, 1.807) is 0 Å². The zero-order valence-corrected chi connectivity index (χ0v) is 38.5. The van der Waals surface area contributed by atoms with Crippen molar-refractivity contribution in [3.63, 3.8) is 0 Å². The van der Waals surface area contributed by atoms with Gasteiger partial charge in [-0.05, 0) is 90.1 Å². The summed E-state index contributed by atoms with van der Waals surface area (Å²) < 4.78 is 0. The lowest BCUT2D eigenvalue weighted by Gasteiger charge is -2.19. The average molecular weight is 894 g/mol. The molecule has 0 radical (unpaired) electrons. The van der Waals surface area contributed by atoms with Gasteiger partial charge in [-0.3, -0.25) is 0 Å². The lowest BCUT2D eigenvalue weighted by molar-refractivity contribution is 1.07. The molecule has 0 bridgehead atoms. The van der Waals surface area contributed by atoms with Crippen LogP contribution < -0.4 is 0 Å². The van der Waals surface area contributed by atoms with Crippen molar-refractivity contribution in [3.05, 3.63) is 330 Å². The molecule has 0 aliphatic heterocycles. The third kappa shape index (κ3) is 9.33. The molecule has 3 heteroatoms. The Morgan fingerprint density at radius 2 is 0.386 bits per heavy atom. The van der Waals surface area contributed by atoms with E-state index in [1.807, 2.05) is 6.07 Å². The maximum absolute atomic E-state index is 5.38. The van der Waals surface area contributed by atoms with Crippen LogP contribution in [-0.4, -0.2) is 15.0 Å². The molecule has 0 saturated carbocycles. The quantitative estimate of drug-likeness (QED) is 0.115. The molecule has 10 aromatic carbocycles. The first kappa shape index (κ1) is 43.3. The van der Waals surface area contributed by atoms with Crippen LogP contribution in [0.5, 0.6) is 0 Å². The van der Waals surface area contributed by atoms with Crippen molar-refractivity contribution < 1.29 is 0 Å². The molecule has 3 nitrogen and oxygen atoms in total. The Morgan fingerprint density at radius 3 is 0.700 bits per heavy atom. The molecule has 0 aliphatic rings. The molecular weight excluding hydrogens is 847 g/mol. The van der Waals surface area contributed by atoms with E-state index in [9.17, 15) is 0 Å². The fourth-order valence-electron chi connectivity index (χ4n) is 9.28. The first-order chi connectivity index (χ1) is 34.7. The summed E-state index contributed by atoms with van der Waals surface area (Å²) in [5, 5.41) is 0. The third-order valence-corrected chi connectivity index (χ3v) is 12.6. The van der Waals surface area contributed by atoms with Crippen molar-refractivity contribution in [1.82, 2.24) is 15.0 Å². The number of hydrogen-bond donors (Lipinski definition) is 0. The summed E-state index contributed by atoms with van der Waals surface area (Å²) in [5.74, 6) is 1.76. The number of nitrogens with zero attached hydrogens (tertiary/aromatic N) is 3. The Bertz CT molecular complexity index is 3290. The minimum Gasteiger partial charge on any atom is -0.208 e. The maximum atomic E-state index is 5.38. The van der Waals surface area contributed by atoms with Gasteiger partial charge < -0.3 is 0 Å².